The first-order valence-corrected chi connectivity index (χ1v) is 6.51. The van der Waals surface area contributed by atoms with E-state index in [1.165, 1.54) is 19.3 Å². The maximum Gasteiger partial charge on any atom is 0.0799 e. The third-order valence-electron chi connectivity index (χ3n) is 3.65. The fraction of sp³-hybridized carbons (Fsp3) is 1.00. The Morgan fingerprint density at radius 2 is 2.13 bits per heavy atom. The van der Waals surface area contributed by atoms with Crippen molar-refractivity contribution in [1.82, 2.24) is 5.32 Å². The predicted octanol–water partition coefficient (Wildman–Crippen LogP) is 2.56. The second-order valence-corrected chi connectivity index (χ2v) is 5.48. The summed E-state index contributed by atoms with van der Waals surface area (Å²) in [6.07, 6.45) is 5.79. The summed E-state index contributed by atoms with van der Waals surface area (Å²) in [5.41, 5.74) is -0.429. The zero-order valence-corrected chi connectivity index (χ0v) is 10.6. The zero-order chi connectivity index (χ0) is 11.3. The lowest BCUT2D eigenvalue weighted by atomic mass is 9.74. The number of hydrogen-bond donors (Lipinski definition) is 2. The quantitative estimate of drug-likeness (QED) is 0.735. The molecule has 0 aliphatic heterocycles. The summed E-state index contributed by atoms with van der Waals surface area (Å²) in [5, 5.41) is 14.0. The van der Waals surface area contributed by atoms with Crippen molar-refractivity contribution in [2.45, 2.75) is 58.5 Å². The Kier molecular flexibility index (Phi) is 5.07. The van der Waals surface area contributed by atoms with Crippen LogP contribution < -0.4 is 5.32 Å². The second-order valence-electron chi connectivity index (χ2n) is 5.48. The van der Waals surface area contributed by atoms with Crippen LogP contribution in [-0.4, -0.2) is 23.8 Å². The highest BCUT2D eigenvalue weighted by atomic mass is 16.3. The third kappa shape index (κ3) is 3.76. The minimum Gasteiger partial charge on any atom is -0.388 e. The molecule has 2 heteroatoms. The Bertz CT molecular complexity index is 181. The topological polar surface area (TPSA) is 32.3 Å². The molecular weight excluding hydrogens is 186 g/mol. The molecule has 0 aromatic carbocycles. The summed E-state index contributed by atoms with van der Waals surface area (Å²) < 4.78 is 0. The van der Waals surface area contributed by atoms with E-state index in [0.29, 0.717) is 11.8 Å². The minimum atomic E-state index is -0.429. The lowest BCUT2D eigenvalue weighted by Crippen LogP contribution is -2.49. The molecule has 90 valence electrons. The molecule has 1 saturated carbocycles. The van der Waals surface area contributed by atoms with E-state index in [1.54, 1.807) is 0 Å². The fourth-order valence-electron chi connectivity index (χ4n) is 2.69. The molecule has 2 nitrogen and oxygen atoms in total. The maximum atomic E-state index is 10.6. The summed E-state index contributed by atoms with van der Waals surface area (Å²) in [5.74, 6) is 1.17. The zero-order valence-electron chi connectivity index (χ0n) is 10.6. The van der Waals surface area contributed by atoms with E-state index in [-0.39, 0.29) is 0 Å². The SMILES string of the molecule is CCC1CCCCC1(O)CNCC(C)C. The minimum absolute atomic E-state index is 0.429. The molecule has 1 rings (SSSR count). The van der Waals surface area contributed by atoms with Crippen LogP contribution in [0.1, 0.15) is 52.9 Å². The summed E-state index contributed by atoms with van der Waals surface area (Å²) in [6, 6.07) is 0. The maximum absolute atomic E-state index is 10.6. The van der Waals surface area contributed by atoms with E-state index in [0.717, 1.165) is 25.9 Å². The highest BCUT2D eigenvalue weighted by molar-refractivity contribution is 4.91. The highest BCUT2D eigenvalue weighted by Crippen LogP contribution is 2.35. The van der Waals surface area contributed by atoms with Crippen molar-refractivity contribution in [3.63, 3.8) is 0 Å². The molecule has 1 fully saturated rings. The van der Waals surface area contributed by atoms with Crippen LogP contribution >= 0.6 is 0 Å². The molecule has 2 N–H and O–H groups in total. The van der Waals surface area contributed by atoms with E-state index < -0.39 is 5.60 Å². The van der Waals surface area contributed by atoms with Gasteiger partial charge in [0.2, 0.25) is 0 Å². The third-order valence-corrected chi connectivity index (χ3v) is 3.65. The predicted molar refractivity (Wildman–Crippen MR) is 64.9 cm³/mol. The lowest BCUT2D eigenvalue weighted by molar-refractivity contribution is -0.0481. The smallest absolute Gasteiger partial charge is 0.0799 e. The van der Waals surface area contributed by atoms with Crippen LogP contribution in [0.5, 0.6) is 0 Å². The van der Waals surface area contributed by atoms with Crippen molar-refractivity contribution in [2.75, 3.05) is 13.1 Å². The van der Waals surface area contributed by atoms with Gasteiger partial charge in [-0.3, -0.25) is 0 Å². The van der Waals surface area contributed by atoms with Crippen molar-refractivity contribution in [1.29, 1.82) is 0 Å². The van der Waals surface area contributed by atoms with Crippen molar-refractivity contribution in [2.24, 2.45) is 11.8 Å². The number of nitrogens with one attached hydrogen (secondary N) is 1. The van der Waals surface area contributed by atoms with Gasteiger partial charge in [0.1, 0.15) is 0 Å². The summed E-state index contributed by atoms with van der Waals surface area (Å²) in [7, 11) is 0. The highest BCUT2D eigenvalue weighted by Gasteiger charge is 2.37. The van der Waals surface area contributed by atoms with E-state index in [1.807, 2.05) is 0 Å². The fourth-order valence-corrected chi connectivity index (χ4v) is 2.69. The Morgan fingerprint density at radius 1 is 1.40 bits per heavy atom. The van der Waals surface area contributed by atoms with Crippen molar-refractivity contribution >= 4 is 0 Å². The number of hydrogen-bond acceptors (Lipinski definition) is 2. The van der Waals surface area contributed by atoms with Gasteiger partial charge >= 0.3 is 0 Å². The molecule has 2 atom stereocenters. The van der Waals surface area contributed by atoms with Gasteiger partial charge in [0.15, 0.2) is 0 Å². The molecule has 0 bridgehead atoms. The Labute approximate surface area is 94.5 Å². The van der Waals surface area contributed by atoms with Gasteiger partial charge in [0.25, 0.3) is 0 Å². The molecule has 2 unspecified atom stereocenters. The second kappa shape index (κ2) is 5.86. The van der Waals surface area contributed by atoms with Gasteiger partial charge in [-0.15, -0.1) is 0 Å². The van der Waals surface area contributed by atoms with Gasteiger partial charge < -0.3 is 10.4 Å². The molecule has 0 spiro atoms. The normalized spacial score (nSPS) is 32.2. The summed E-state index contributed by atoms with van der Waals surface area (Å²) in [6.45, 7) is 8.40. The molecule has 1 aliphatic carbocycles. The van der Waals surface area contributed by atoms with Crippen molar-refractivity contribution in [3.8, 4) is 0 Å². The van der Waals surface area contributed by atoms with Crippen LogP contribution in [0.15, 0.2) is 0 Å². The van der Waals surface area contributed by atoms with Crippen molar-refractivity contribution < 1.29 is 5.11 Å². The average molecular weight is 213 g/mol. The van der Waals surface area contributed by atoms with Crippen LogP contribution in [0.25, 0.3) is 0 Å². The number of aliphatic hydroxyl groups is 1. The van der Waals surface area contributed by atoms with Gasteiger partial charge in [0.05, 0.1) is 5.60 Å². The molecule has 15 heavy (non-hydrogen) atoms. The molecular formula is C13H27NO. The largest absolute Gasteiger partial charge is 0.388 e. The van der Waals surface area contributed by atoms with Crippen LogP contribution in [-0.2, 0) is 0 Å². The molecule has 0 aromatic rings. The van der Waals surface area contributed by atoms with E-state index >= 15 is 0 Å². The van der Waals surface area contributed by atoms with Crippen LogP contribution in [0, 0.1) is 11.8 Å². The first kappa shape index (κ1) is 13.0. The molecule has 1 aliphatic rings. The number of rotatable bonds is 5. The van der Waals surface area contributed by atoms with Crippen molar-refractivity contribution in [3.05, 3.63) is 0 Å². The van der Waals surface area contributed by atoms with E-state index in [2.05, 4.69) is 26.1 Å². The Morgan fingerprint density at radius 3 is 2.73 bits per heavy atom. The van der Waals surface area contributed by atoms with Gasteiger partial charge in [-0.05, 0) is 31.2 Å². The Hall–Kier alpha value is -0.0800. The standard InChI is InChI=1S/C13H27NO/c1-4-12-7-5-6-8-13(12,15)10-14-9-11(2)3/h11-12,14-15H,4-10H2,1-3H3. The molecule has 0 amide bonds. The summed E-state index contributed by atoms with van der Waals surface area (Å²) >= 11 is 0. The van der Waals surface area contributed by atoms with Gasteiger partial charge in [-0.25, -0.2) is 0 Å². The Balaban J connectivity index is 2.39. The van der Waals surface area contributed by atoms with Gasteiger partial charge in [-0.1, -0.05) is 40.0 Å². The van der Waals surface area contributed by atoms with Gasteiger partial charge in [-0.2, -0.15) is 0 Å². The van der Waals surface area contributed by atoms with Gasteiger partial charge in [0, 0.05) is 6.54 Å². The van der Waals surface area contributed by atoms with E-state index in [4.69, 9.17) is 0 Å². The average Bonchev–Trinajstić information content (AvgIpc) is 2.17. The van der Waals surface area contributed by atoms with Crippen LogP contribution in [0.2, 0.25) is 0 Å². The first-order valence-electron chi connectivity index (χ1n) is 6.51. The summed E-state index contributed by atoms with van der Waals surface area (Å²) in [4.78, 5) is 0. The molecule has 0 saturated heterocycles. The van der Waals surface area contributed by atoms with E-state index in [9.17, 15) is 5.11 Å². The lowest BCUT2D eigenvalue weighted by Gasteiger charge is -2.40. The first-order chi connectivity index (χ1) is 7.08. The monoisotopic (exact) mass is 213 g/mol. The van der Waals surface area contributed by atoms with Crippen LogP contribution in [0.4, 0.5) is 0 Å². The molecule has 0 heterocycles. The molecule has 0 aromatic heterocycles. The van der Waals surface area contributed by atoms with Crippen LogP contribution in [0.3, 0.4) is 0 Å². The molecule has 0 radical (unpaired) electrons.